The summed E-state index contributed by atoms with van der Waals surface area (Å²) in [5.74, 6) is 3.96. The van der Waals surface area contributed by atoms with Crippen molar-refractivity contribution in [3.63, 3.8) is 0 Å². The van der Waals surface area contributed by atoms with Crippen molar-refractivity contribution in [2.24, 2.45) is 29.1 Å². The molecule has 5 rings (SSSR count). The average molecular weight is 291 g/mol. The maximum absolute atomic E-state index is 5.87. The lowest BCUT2D eigenvalue weighted by Gasteiger charge is -2.61. The third-order valence-electron chi connectivity index (χ3n) is 7.03. The van der Waals surface area contributed by atoms with Gasteiger partial charge in [0.25, 0.3) is 0 Å². The number of nitrogens with one attached hydrogen (secondary N) is 1. The van der Waals surface area contributed by atoms with Crippen molar-refractivity contribution in [1.82, 2.24) is 5.32 Å². The van der Waals surface area contributed by atoms with Crippen LogP contribution in [-0.4, -0.2) is 25.8 Å². The lowest BCUT2D eigenvalue weighted by atomic mass is 9.46. The van der Waals surface area contributed by atoms with E-state index in [1.54, 1.807) is 19.3 Å². The van der Waals surface area contributed by atoms with Gasteiger partial charge in [0.2, 0.25) is 0 Å². The molecule has 0 aromatic rings. The molecule has 4 saturated carbocycles. The Bertz CT molecular complexity index is 325. The Kier molecular flexibility index (Phi) is 4.04. The number of hydrogen-bond acceptors (Lipinski definition) is 2. The summed E-state index contributed by atoms with van der Waals surface area (Å²) in [4.78, 5) is 0. The molecule has 0 aromatic heterocycles. The molecule has 120 valence electrons. The fourth-order valence-electron chi connectivity index (χ4n) is 6.77. The van der Waals surface area contributed by atoms with Crippen LogP contribution in [0.25, 0.3) is 0 Å². The Morgan fingerprint density at radius 1 is 1.10 bits per heavy atom. The molecule has 1 heterocycles. The highest BCUT2D eigenvalue weighted by molar-refractivity contribution is 5.07. The second kappa shape index (κ2) is 5.85. The molecule has 0 amide bonds. The minimum Gasteiger partial charge on any atom is -0.381 e. The monoisotopic (exact) mass is 291 g/mol. The molecule has 0 radical (unpaired) electrons. The summed E-state index contributed by atoms with van der Waals surface area (Å²) in [6.45, 7) is 5.52. The maximum atomic E-state index is 5.87. The third-order valence-corrected chi connectivity index (χ3v) is 7.03. The number of hydrogen-bond donors (Lipinski definition) is 1. The summed E-state index contributed by atoms with van der Waals surface area (Å²) in [6, 6.07) is 0.742. The summed E-state index contributed by atoms with van der Waals surface area (Å²) in [5.41, 5.74) is 0.634. The van der Waals surface area contributed by atoms with E-state index >= 15 is 0 Å². The van der Waals surface area contributed by atoms with E-state index in [0.717, 1.165) is 42.9 Å². The molecule has 1 N–H and O–H groups in total. The van der Waals surface area contributed by atoms with Gasteiger partial charge in [-0.3, -0.25) is 0 Å². The average Bonchev–Trinajstić information content (AvgIpc) is 2.47. The van der Waals surface area contributed by atoms with Gasteiger partial charge in [0.1, 0.15) is 0 Å². The van der Waals surface area contributed by atoms with E-state index in [4.69, 9.17) is 4.74 Å². The predicted octanol–water partition coefficient (Wildman–Crippen LogP) is 4.00. The first kappa shape index (κ1) is 14.5. The van der Waals surface area contributed by atoms with Crippen molar-refractivity contribution in [3.8, 4) is 0 Å². The Hall–Kier alpha value is -0.0800. The first-order chi connectivity index (χ1) is 10.3. The molecule has 0 spiro atoms. The quantitative estimate of drug-likeness (QED) is 0.826. The molecule has 2 nitrogen and oxygen atoms in total. The number of ether oxygens (including phenoxy) is 1. The highest BCUT2D eigenvalue weighted by Crippen LogP contribution is 2.62. The molecule has 1 saturated heterocycles. The molecule has 5 fully saturated rings. The Balaban J connectivity index is 1.56. The molecular formula is C19H33NO. The molecule has 2 atom stereocenters. The van der Waals surface area contributed by atoms with Gasteiger partial charge in [-0.1, -0.05) is 6.92 Å². The summed E-state index contributed by atoms with van der Waals surface area (Å²) in [6.07, 6.45) is 13.2. The van der Waals surface area contributed by atoms with E-state index in [1.807, 2.05) is 0 Å². The van der Waals surface area contributed by atoms with Crippen LogP contribution in [0.15, 0.2) is 0 Å². The molecular weight excluding hydrogens is 258 g/mol. The van der Waals surface area contributed by atoms with Crippen molar-refractivity contribution in [2.75, 3.05) is 19.8 Å². The van der Waals surface area contributed by atoms with Crippen LogP contribution in [0.4, 0.5) is 0 Å². The zero-order valence-corrected chi connectivity index (χ0v) is 13.8. The molecule has 1 aliphatic heterocycles. The topological polar surface area (TPSA) is 21.3 Å². The molecule has 2 unspecified atom stereocenters. The van der Waals surface area contributed by atoms with Crippen molar-refractivity contribution in [1.29, 1.82) is 0 Å². The Morgan fingerprint density at radius 3 is 2.29 bits per heavy atom. The zero-order valence-electron chi connectivity index (χ0n) is 13.8. The molecule has 21 heavy (non-hydrogen) atoms. The van der Waals surface area contributed by atoms with Gasteiger partial charge in [0, 0.05) is 12.6 Å². The zero-order chi connectivity index (χ0) is 14.3. The Labute approximate surface area is 130 Å². The van der Waals surface area contributed by atoms with Crippen LogP contribution in [-0.2, 0) is 4.74 Å². The molecule has 2 heteroatoms. The van der Waals surface area contributed by atoms with E-state index in [9.17, 15) is 0 Å². The summed E-state index contributed by atoms with van der Waals surface area (Å²) >= 11 is 0. The van der Waals surface area contributed by atoms with Gasteiger partial charge in [0.05, 0.1) is 6.61 Å². The van der Waals surface area contributed by atoms with Crippen LogP contribution < -0.4 is 5.32 Å². The van der Waals surface area contributed by atoms with E-state index in [2.05, 4.69) is 12.2 Å². The third kappa shape index (κ3) is 2.67. The lowest BCUT2D eigenvalue weighted by Crippen LogP contribution is -2.59. The minimum atomic E-state index is 0.634. The minimum absolute atomic E-state index is 0.634. The molecule has 4 bridgehead atoms. The van der Waals surface area contributed by atoms with Crippen LogP contribution in [0.1, 0.15) is 64.7 Å². The highest BCUT2D eigenvalue weighted by atomic mass is 16.5. The SMILES string of the molecule is CCCNC(C1CCCOC1)C12CC3CC(CC(C3)C1)C2. The summed E-state index contributed by atoms with van der Waals surface area (Å²) in [5, 5.41) is 4.02. The van der Waals surface area contributed by atoms with E-state index in [0.29, 0.717) is 5.41 Å². The molecule has 0 aromatic carbocycles. The van der Waals surface area contributed by atoms with Crippen LogP contribution in [0.2, 0.25) is 0 Å². The second-order valence-electron chi connectivity index (χ2n) is 8.69. The van der Waals surface area contributed by atoms with Crippen molar-refractivity contribution in [2.45, 2.75) is 70.8 Å². The van der Waals surface area contributed by atoms with Gasteiger partial charge in [-0.15, -0.1) is 0 Å². The normalized spacial score (nSPS) is 46.7. The fourth-order valence-corrected chi connectivity index (χ4v) is 6.77. The summed E-state index contributed by atoms with van der Waals surface area (Å²) < 4.78 is 5.87. The maximum Gasteiger partial charge on any atom is 0.0509 e. The smallest absolute Gasteiger partial charge is 0.0509 e. The predicted molar refractivity (Wildman–Crippen MR) is 86.2 cm³/mol. The highest BCUT2D eigenvalue weighted by Gasteiger charge is 2.55. The second-order valence-corrected chi connectivity index (χ2v) is 8.69. The number of rotatable bonds is 5. The van der Waals surface area contributed by atoms with Gasteiger partial charge in [-0.05, 0) is 93.4 Å². The Morgan fingerprint density at radius 2 is 1.76 bits per heavy atom. The van der Waals surface area contributed by atoms with Gasteiger partial charge in [-0.2, -0.15) is 0 Å². The van der Waals surface area contributed by atoms with Crippen molar-refractivity contribution >= 4 is 0 Å². The first-order valence-electron chi connectivity index (χ1n) is 9.60. The van der Waals surface area contributed by atoms with Crippen LogP contribution in [0, 0.1) is 29.1 Å². The van der Waals surface area contributed by atoms with Crippen LogP contribution >= 0.6 is 0 Å². The summed E-state index contributed by atoms with van der Waals surface area (Å²) in [7, 11) is 0. The first-order valence-corrected chi connectivity index (χ1v) is 9.60. The van der Waals surface area contributed by atoms with Crippen molar-refractivity contribution in [3.05, 3.63) is 0 Å². The van der Waals surface area contributed by atoms with Crippen LogP contribution in [0.3, 0.4) is 0 Å². The van der Waals surface area contributed by atoms with E-state index < -0.39 is 0 Å². The van der Waals surface area contributed by atoms with Gasteiger partial charge < -0.3 is 10.1 Å². The van der Waals surface area contributed by atoms with Crippen molar-refractivity contribution < 1.29 is 4.74 Å². The van der Waals surface area contributed by atoms with Crippen LogP contribution in [0.5, 0.6) is 0 Å². The van der Waals surface area contributed by atoms with Gasteiger partial charge in [-0.25, -0.2) is 0 Å². The van der Waals surface area contributed by atoms with E-state index in [1.165, 1.54) is 45.1 Å². The van der Waals surface area contributed by atoms with Gasteiger partial charge in [0.15, 0.2) is 0 Å². The largest absolute Gasteiger partial charge is 0.381 e. The standard InChI is InChI=1S/C19H33NO/c1-2-5-20-18(17-4-3-6-21-13-17)19-10-14-7-15(11-19)9-16(8-14)12-19/h14-18,20H,2-13H2,1H3. The molecule has 5 aliphatic rings. The molecule has 4 aliphatic carbocycles. The lowest BCUT2D eigenvalue weighted by molar-refractivity contribution is -0.0987. The van der Waals surface area contributed by atoms with E-state index in [-0.39, 0.29) is 0 Å². The van der Waals surface area contributed by atoms with Gasteiger partial charge >= 0.3 is 0 Å². The fraction of sp³-hybridized carbons (Fsp3) is 1.00.